The van der Waals surface area contributed by atoms with Crippen LogP contribution in [0.25, 0.3) is 10.8 Å². The van der Waals surface area contributed by atoms with Crippen molar-refractivity contribution >= 4 is 10.8 Å². The molecule has 0 fully saturated rings. The third kappa shape index (κ3) is 5.56. The van der Waals surface area contributed by atoms with Crippen LogP contribution in [0.5, 0.6) is 5.75 Å². The fourth-order valence-electron chi connectivity index (χ4n) is 3.24. The summed E-state index contributed by atoms with van der Waals surface area (Å²) in [7, 11) is 0. The highest BCUT2D eigenvalue weighted by molar-refractivity contribution is 5.88. The minimum atomic E-state index is -0.568. The van der Waals surface area contributed by atoms with Gasteiger partial charge in [-0.25, -0.2) is 0 Å². The van der Waals surface area contributed by atoms with Crippen LogP contribution in [0, 0.1) is 6.92 Å². The molecule has 0 bridgehead atoms. The van der Waals surface area contributed by atoms with Crippen molar-refractivity contribution in [3.63, 3.8) is 0 Å². The van der Waals surface area contributed by atoms with Crippen LogP contribution in [0.3, 0.4) is 0 Å². The van der Waals surface area contributed by atoms with Gasteiger partial charge in [-0.1, -0.05) is 66.2 Å². The third-order valence-corrected chi connectivity index (χ3v) is 4.76. The zero-order chi connectivity index (χ0) is 19.3. The Morgan fingerprint density at radius 1 is 0.963 bits per heavy atom. The van der Waals surface area contributed by atoms with E-state index in [1.807, 2.05) is 30.3 Å². The van der Waals surface area contributed by atoms with Crippen molar-refractivity contribution in [2.45, 2.75) is 38.8 Å². The van der Waals surface area contributed by atoms with Crippen LogP contribution in [0.1, 0.15) is 25.0 Å². The summed E-state index contributed by atoms with van der Waals surface area (Å²) in [6, 6.07) is 22.7. The second-order valence-electron chi connectivity index (χ2n) is 7.87. The Labute approximate surface area is 162 Å². The zero-order valence-electron chi connectivity index (χ0n) is 16.4. The van der Waals surface area contributed by atoms with Crippen molar-refractivity contribution < 1.29 is 9.84 Å². The van der Waals surface area contributed by atoms with Crippen LogP contribution >= 0.6 is 0 Å². The van der Waals surface area contributed by atoms with E-state index in [1.165, 1.54) is 11.1 Å². The van der Waals surface area contributed by atoms with E-state index in [0.29, 0.717) is 6.54 Å². The molecule has 3 rings (SSSR count). The average Bonchev–Trinajstić information content (AvgIpc) is 2.66. The van der Waals surface area contributed by atoms with Gasteiger partial charge >= 0.3 is 0 Å². The third-order valence-electron chi connectivity index (χ3n) is 4.76. The number of rotatable bonds is 8. The van der Waals surface area contributed by atoms with E-state index in [0.717, 1.165) is 22.9 Å². The number of benzene rings is 3. The molecule has 0 aliphatic rings. The highest BCUT2D eigenvalue weighted by atomic mass is 16.5. The van der Waals surface area contributed by atoms with Crippen LogP contribution in [0.4, 0.5) is 0 Å². The van der Waals surface area contributed by atoms with Crippen molar-refractivity contribution in [3.8, 4) is 5.75 Å². The molecular weight excluding hydrogens is 334 g/mol. The number of ether oxygens (including phenoxy) is 1. The molecular formula is C24H29NO2. The van der Waals surface area contributed by atoms with Gasteiger partial charge < -0.3 is 15.2 Å². The maximum absolute atomic E-state index is 10.4. The summed E-state index contributed by atoms with van der Waals surface area (Å²) in [5, 5.41) is 16.0. The summed E-state index contributed by atoms with van der Waals surface area (Å²) in [5.41, 5.74) is 2.46. The molecule has 0 heterocycles. The van der Waals surface area contributed by atoms with E-state index in [9.17, 15) is 5.11 Å². The Morgan fingerprint density at radius 2 is 1.67 bits per heavy atom. The molecule has 1 unspecified atom stereocenters. The number of nitrogens with one attached hydrogen (secondary N) is 1. The number of aliphatic hydroxyl groups excluding tert-OH is 1. The molecule has 0 spiro atoms. The standard InChI is InChI=1S/C24H29NO2/c1-18-11-13-19(14-12-18)15-24(2,3)25-16-21(26)17-27-23-10-6-8-20-7-4-5-9-22(20)23/h4-14,21,25-26H,15-17H2,1-3H3. The molecule has 0 aliphatic heterocycles. The molecule has 1 atom stereocenters. The van der Waals surface area contributed by atoms with Crippen molar-refractivity contribution in [1.29, 1.82) is 0 Å². The van der Waals surface area contributed by atoms with E-state index in [4.69, 9.17) is 4.74 Å². The van der Waals surface area contributed by atoms with Crippen LogP contribution in [0.2, 0.25) is 0 Å². The van der Waals surface area contributed by atoms with Crippen LogP contribution in [0.15, 0.2) is 66.7 Å². The molecule has 0 radical (unpaired) electrons. The molecule has 142 valence electrons. The molecule has 0 saturated carbocycles. The lowest BCUT2D eigenvalue weighted by molar-refractivity contribution is 0.0996. The highest BCUT2D eigenvalue weighted by Crippen LogP contribution is 2.25. The molecule has 3 aromatic carbocycles. The normalized spacial score (nSPS) is 12.9. The van der Waals surface area contributed by atoms with Gasteiger partial charge in [-0.3, -0.25) is 0 Å². The number of aryl methyl sites for hydroxylation is 1. The predicted octanol–water partition coefficient (Wildman–Crippen LogP) is 4.50. The smallest absolute Gasteiger partial charge is 0.127 e. The SMILES string of the molecule is Cc1ccc(CC(C)(C)NCC(O)COc2cccc3ccccc23)cc1. The fraction of sp³-hybridized carbons (Fsp3) is 0.333. The number of aliphatic hydroxyl groups is 1. The van der Waals surface area contributed by atoms with Gasteiger partial charge in [0, 0.05) is 17.5 Å². The Morgan fingerprint density at radius 3 is 2.44 bits per heavy atom. The summed E-state index contributed by atoms with van der Waals surface area (Å²) in [6.07, 6.45) is 0.339. The molecule has 0 aromatic heterocycles. The molecule has 0 saturated heterocycles. The summed E-state index contributed by atoms with van der Waals surface area (Å²) in [6.45, 7) is 7.17. The molecule has 0 aliphatic carbocycles. The summed E-state index contributed by atoms with van der Waals surface area (Å²) in [4.78, 5) is 0. The summed E-state index contributed by atoms with van der Waals surface area (Å²) < 4.78 is 5.89. The number of β-amino-alcohol motifs (C(OH)–C–C–N with tert-alkyl or cyclic N) is 1. The topological polar surface area (TPSA) is 41.5 Å². The fourth-order valence-corrected chi connectivity index (χ4v) is 3.24. The van der Waals surface area contributed by atoms with E-state index in [-0.39, 0.29) is 12.1 Å². The van der Waals surface area contributed by atoms with Crippen molar-refractivity contribution in [1.82, 2.24) is 5.32 Å². The zero-order valence-corrected chi connectivity index (χ0v) is 16.4. The predicted molar refractivity (Wildman–Crippen MR) is 112 cm³/mol. The molecule has 2 N–H and O–H groups in total. The highest BCUT2D eigenvalue weighted by Gasteiger charge is 2.19. The van der Waals surface area contributed by atoms with Gasteiger partial charge in [-0.05, 0) is 44.2 Å². The van der Waals surface area contributed by atoms with Gasteiger partial charge in [0.2, 0.25) is 0 Å². The van der Waals surface area contributed by atoms with Gasteiger partial charge in [0.25, 0.3) is 0 Å². The monoisotopic (exact) mass is 363 g/mol. The second-order valence-corrected chi connectivity index (χ2v) is 7.87. The Bertz CT molecular complexity index is 866. The van der Waals surface area contributed by atoms with Gasteiger partial charge in [-0.15, -0.1) is 0 Å². The van der Waals surface area contributed by atoms with Crippen molar-refractivity contribution in [2.75, 3.05) is 13.2 Å². The lowest BCUT2D eigenvalue weighted by atomic mass is 9.94. The van der Waals surface area contributed by atoms with Gasteiger partial charge in [0.05, 0.1) is 0 Å². The first kappa shape index (κ1) is 19.4. The van der Waals surface area contributed by atoms with Gasteiger partial charge in [0.15, 0.2) is 0 Å². The summed E-state index contributed by atoms with van der Waals surface area (Å²) >= 11 is 0. The lowest BCUT2D eigenvalue weighted by Gasteiger charge is -2.28. The van der Waals surface area contributed by atoms with Crippen LogP contribution in [-0.2, 0) is 6.42 Å². The Balaban J connectivity index is 1.51. The van der Waals surface area contributed by atoms with Crippen molar-refractivity contribution in [3.05, 3.63) is 77.9 Å². The molecule has 27 heavy (non-hydrogen) atoms. The van der Waals surface area contributed by atoms with E-state index in [1.54, 1.807) is 0 Å². The first-order valence-corrected chi connectivity index (χ1v) is 9.52. The van der Waals surface area contributed by atoms with Gasteiger partial charge in [-0.2, -0.15) is 0 Å². The average molecular weight is 364 g/mol. The summed E-state index contributed by atoms with van der Waals surface area (Å²) in [5.74, 6) is 0.811. The largest absolute Gasteiger partial charge is 0.490 e. The minimum absolute atomic E-state index is 0.102. The quantitative estimate of drug-likeness (QED) is 0.619. The van der Waals surface area contributed by atoms with E-state index in [2.05, 4.69) is 62.5 Å². The maximum atomic E-state index is 10.4. The van der Waals surface area contributed by atoms with Crippen LogP contribution in [-0.4, -0.2) is 29.9 Å². The first-order valence-electron chi connectivity index (χ1n) is 9.52. The molecule has 0 amide bonds. The molecule has 3 heteroatoms. The minimum Gasteiger partial charge on any atom is -0.490 e. The van der Waals surface area contributed by atoms with Crippen molar-refractivity contribution in [2.24, 2.45) is 0 Å². The first-order chi connectivity index (χ1) is 12.9. The van der Waals surface area contributed by atoms with E-state index < -0.39 is 6.10 Å². The lowest BCUT2D eigenvalue weighted by Crippen LogP contribution is -2.46. The Hall–Kier alpha value is -2.36. The van der Waals surface area contributed by atoms with E-state index >= 15 is 0 Å². The second kappa shape index (κ2) is 8.55. The number of hydrogen-bond acceptors (Lipinski definition) is 3. The molecule has 3 nitrogen and oxygen atoms in total. The van der Waals surface area contributed by atoms with Gasteiger partial charge in [0.1, 0.15) is 18.5 Å². The number of hydrogen-bond donors (Lipinski definition) is 2. The maximum Gasteiger partial charge on any atom is 0.127 e. The van der Waals surface area contributed by atoms with Crippen LogP contribution < -0.4 is 10.1 Å². The molecule has 3 aromatic rings. The number of fused-ring (bicyclic) bond motifs is 1. The Kier molecular flexibility index (Phi) is 6.15.